The van der Waals surface area contributed by atoms with Crippen molar-refractivity contribution < 1.29 is 14.5 Å². The van der Waals surface area contributed by atoms with Crippen LogP contribution >= 0.6 is 0 Å². The number of carbonyl (C=O) groups is 1. The fourth-order valence-corrected chi connectivity index (χ4v) is 5.47. The van der Waals surface area contributed by atoms with Crippen molar-refractivity contribution in [2.24, 2.45) is 17.8 Å². The molecule has 0 unspecified atom stereocenters. The van der Waals surface area contributed by atoms with Gasteiger partial charge in [0, 0.05) is 11.6 Å². The van der Waals surface area contributed by atoms with Crippen LogP contribution in [0, 0.1) is 27.9 Å². The van der Waals surface area contributed by atoms with Gasteiger partial charge in [0.25, 0.3) is 5.91 Å². The molecule has 0 saturated heterocycles. The van der Waals surface area contributed by atoms with Gasteiger partial charge >= 0.3 is 5.69 Å². The molecule has 4 saturated carbocycles. The monoisotopic (exact) mass is 330 g/mol. The highest BCUT2D eigenvalue weighted by Gasteiger charge is 2.51. The van der Waals surface area contributed by atoms with Gasteiger partial charge in [0.1, 0.15) is 0 Å². The molecular weight excluding hydrogens is 308 g/mol. The van der Waals surface area contributed by atoms with Crippen molar-refractivity contribution in [2.45, 2.75) is 44.1 Å². The summed E-state index contributed by atoms with van der Waals surface area (Å²) in [6.45, 7) is -0.174. The third-order valence-electron chi connectivity index (χ3n) is 5.86. The van der Waals surface area contributed by atoms with Gasteiger partial charge in [-0.15, -0.1) is 0 Å². The minimum Gasteiger partial charge on any atom is -0.477 e. The first-order valence-corrected chi connectivity index (χ1v) is 8.70. The molecule has 1 aromatic rings. The summed E-state index contributed by atoms with van der Waals surface area (Å²) in [6, 6.07) is 6.16. The largest absolute Gasteiger partial charge is 0.477 e. The Labute approximate surface area is 140 Å². The van der Waals surface area contributed by atoms with E-state index in [9.17, 15) is 14.9 Å². The predicted molar refractivity (Wildman–Crippen MR) is 87.6 cm³/mol. The maximum atomic E-state index is 12.4. The van der Waals surface area contributed by atoms with Crippen LogP contribution in [0.4, 0.5) is 5.69 Å². The number of rotatable bonds is 5. The van der Waals surface area contributed by atoms with Crippen LogP contribution in [0.5, 0.6) is 5.75 Å². The summed E-state index contributed by atoms with van der Waals surface area (Å²) < 4.78 is 5.42. The topological polar surface area (TPSA) is 81.5 Å². The first-order valence-electron chi connectivity index (χ1n) is 8.70. The van der Waals surface area contributed by atoms with E-state index in [0.29, 0.717) is 0 Å². The van der Waals surface area contributed by atoms with E-state index in [1.165, 1.54) is 31.4 Å². The van der Waals surface area contributed by atoms with E-state index in [2.05, 4.69) is 5.32 Å². The van der Waals surface area contributed by atoms with Crippen LogP contribution in [0.15, 0.2) is 24.3 Å². The maximum Gasteiger partial charge on any atom is 0.310 e. The van der Waals surface area contributed by atoms with Crippen molar-refractivity contribution in [3.05, 3.63) is 34.4 Å². The Kier molecular flexibility index (Phi) is 3.70. The van der Waals surface area contributed by atoms with Crippen molar-refractivity contribution in [1.82, 2.24) is 5.32 Å². The van der Waals surface area contributed by atoms with E-state index in [1.807, 2.05) is 0 Å². The average molecular weight is 330 g/mol. The maximum absolute atomic E-state index is 12.4. The molecule has 6 heteroatoms. The zero-order valence-electron chi connectivity index (χ0n) is 13.6. The van der Waals surface area contributed by atoms with Crippen LogP contribution in [0.2, 0.25) is 0 Å². The van der Waals surface area contributed by atoms with E-state index in [1.54, 1.807) is 12.1 Å². The number of benzene rings is 1. The predicted octanol–water partition coefficient (Wildman–Crippen LogP) is 3.06. The number of nitro groups is 1. The summed E-state index contributed by atoms with van der Waals surface area (Å²) in [5, 5.41) is 14.2. The fourth-order valence-electron chi connectivity index (χ4n) is 5.47. The van der Waals surface area contributed by atoms with Crippen LogP contribution in [-0.2, 0) is 4.79 Å². The molecule has 4 bridgehead atoms. The highest BCUT2D eigenvalue weighted by molar-refractivity contribution is 5.78. The van der Waals surface area contributed by atoms with E-state index in [-0.39, 0.29) is 29.5 Å². The molecular formula is C18H22N2O4. The van der Waals surface area contributed by atoms with Crippen molar-refractivity contribution in [3.8, 4) is 5.75 Å². The van der Waals surface area contributed by atoms with Gasteiger partial charge in [-0.25, -0.2) is 0 Å². The number of nitrogens with zero attached hydrogens (tertiary/aromatic N) is 1. The molecule has 0 aromatic heterocycles. The molecule has 1 aromatic carbocycles. The summed E-state index contributed by atoms with van der Waals surface area (Å²) in [5.41, 5.74) is -0.169. The average Bonchev–Trinajstić information content (AvgIpc) is 2.51. The molecule has 1 amide bonds. The number of hydrogen-bond donors (Lipinski definition) is 1. The lowest BCUT2D eigenvalue weighted by Crippen LogP contribution is -2.60. The Morgan fingerprint density at radius 2 is 1.75 bits per heavy atom. The van der Waals surface area contributed by atoms with Gasteiger partial charge in [-0.3, -0.25) is 14.9 Å². The molecule has 0 atom stereocenters. The molecule has 0 aliphatic heterocycles. The summed E-state index contributed by atoms with van der Waals surface area (Å²) in [7, 11) is 0. The van der Waals surface area contributed by atoms with Crippen molar-refractivity contribution >= 4 is 11.6 Å². The van der Waals surface area contributed by atoms with Crippen molar-refractivity contribution in [3.63, 3.8) is 0 Å². The highest BCUT2D eigenvalue weighted by Crippen LogP contribution is 2.55. The standard InChI is InChI=1S/C18H22N2O4/c21-17(11-24-16-4-2-1-3-15(16)20(22)23)19-18-8-12-5-13(9-18)7-14(6-12)10-18/h1-4,12-14H,5-11H2,(H,19,21). The van der Waals surface area contributed by atoms with Crippen LogP contribution in [0.3, 0.4) is 0 Å². The highest BCUT2D eigenvalue weighted by atomic mass is 16.6. The SMILES string of the molecule is O=C(COc1ccccc1[N+](=O)[O-])NC12CC3CC(CC(C3)C1)C2. The van der Waals surface area contributed by atoms with Gasteiger partial charge in [-0.2, -0.15) is 0 Å². The molecule has 128 valence electrons. The zero-order valence-corrected chi connectivity index (χ0v) is 13.6. The molecule has 0 spiro atoms. The second kappa shape index (κ2) is 5.76. The first-order chi connectivity index (χ1) is 11.5. The number of hydrogen-bond acceptors (Lipinski definition) is 4. The number of para-hydroxylation sites is 2. The Morgan fingerprint density at radius 1 is 1.17 bits per heavy atom. The van der Waals surface area contributed by atoms with Crippen LogP contribution in [-0.4, -0.2) is 23.0 Å². The number of amides is 1. The molecule has 6 nitrogen and oxygen atoms in total. The molecule has 4 aliphatic carbocycles. The fraction of sp³-hybridized carbons (Fsp3) is 0.611. The van der Waals surface area contributed by atoms with Gasteiger partial charge in [0.05, 0.1) is 4.92 Å². The Hall–Kier alpha value is -2.11. The van der Waals surface area contributed by atoms with Gasteiger partial charge in [0.15, 0.2) is 12.4 Å². The zero-order chi connectivity index (χ0) is 16.7. The number of nitro benzene ring substituents is 1. The normalized spacial score (nSPS) is 33.2. The lowest BCUT2D eigenvalue weighted by Gasteiger charge is -2.56. The molecule has 5 rings (SSSR count). The molecule has 4 aliphatic rings. The minimum atomic E-state index is -0.494. The van der Waals surface area contributed by atoms with E-state index in [4.69, 9.17) is 4.74 Å². The van der Waals surface area contributed by atoms with E-state index >= 15 is 0 Å². The van der Waals surface area contributed by atoms with Crippen molar-refractivity contribution in [1.29, 1.82) is 0 Å². The van der Waals surface area contributed by atoms with Gasteiger partial charge in [-0.1, -0.05) is 12.1 Å². The molecule has 4 fully saturated rings. The Bertz CT molecular complexity index is 637. The Morgan fingerprint density at radius 3 is 2.33 bits per heavy atom. The first kappa shape index (κ1) is 15.4. The quantitative estimate of drug-likeness (QED) is 0.664. The van der Waals surface area contributed by atoms with Crippen LogP contribution in [0.1, 0.15) is 38.5 Å². The van der Waals surface area contributed by atoms with Crippen LogP contribution < -0.4 is 10.1 Å². The van der Waals surface area contributed by atoms with Gasteiger partial charge in [0.2, 0.25) is 0 Å². The molecule has 1 N–H and O–H groups in total. The van der Waals surface area contributed by atoms with Crippen LogP contribution in [0.25, 0.3) is 0 Å². The van der Waals surface area contributed by atoms with E-state index in [0.717, 1.165) is 37.0 Å². The second-order valence-electron chi connectivity index (χ2n) is 7.76. The molecule has 0 radical (unpaired) electrons. The summed E-state index contributed by atoms with van der Waals surface area (Å²) >= 11 is 0. The number of carbonyl (C=O) groups excluding carboxylic acids is 1. The second-order valence-corrected chi connectivity index (χ2v) is 7.76. The summed E-state index contributed by atoms with van der Waals surface area (Å²) in [6.07, 6.45) is 7.20. The van der Waals surface area contributed by atoms with E-state index < -0.39 is 4.92 Å². The molecule has 24 heavy (non-hydrogen) atoms. The lowest BCUT2D eigenvalue weighted by atomic mass is 9.53. The number of nitrogens with one attached hydrogen (secondary N) is 1. The smallest absolute Gasteiger partial charge is 0.310 e. The summed E-state index contributed by atoms with van der Waals surface area (Å²) in [4.78, 5) is 22.9. The van der Waals surface area contributed by atoms with Crippen molar-refractivity contribution in [2.75, 3.05) is 6.61 Å². The third kappa shape index (κ3) is 2.85. The van der Waals surface area contributed by atoms with Gasteiger partial charge < -0.3 is 10.1 Å². The number of ether oxygens (including phenoxy) is 1. The summed E-state index contributed by atoms with van der Waals surface area (Å²) in [5.74, 6) is 2.24. The molecule has 0 heterocycles. The minimum absolute atomic E-state index is 0.0577. The third-order valence-corrected chi connectivity index (χ3v) is 5.86. The van der Waals surface area contributed by atoms with Gasteiger partial charge in [-0.05, 0) is 62.3 Å². The lowest BCUT2D eigenvalue weighted by molar-refractivity contribution is -0.385. The Balaban J connectivity index is 1.39.